The van der Waals surface area contributed by atoms with Crippen LogP contribution in [0.5, 0.6) is 5.75 Å². The first-order valence-corrected chi connectivity index (χ1v) is 8.97. The number of aromatic hydroxyl groups is 1. The van der Waals surface area contributed by atoms with E-state index in [2.05, 4.69) is 15.5 Å². The summed E-state index contributed by atoms with van der Waals surface area (Å²) in [6.07, 6.45) is 1.74. The van der Waals surface area contributed by atoms with Crippen molar-refractivity contribution in [3.05, 3.63) is 90.1 Å². The quantitative estimate of drug-likeness (QED) is 0.398. The largest absolute Gasteiger partial charge is 0.507 e. The van der Waals surface area contributed by atoms with Crippen molar-refractivity contribution in [2.45, 2.75) is 5.03 Å². The summed E-state index contributed by atoms with van der Waals surface area (Å²) >= 11 is 1.53. The fourth-order valence-corrected chi connectivity index (χ4v) is 3.06. The van der Waals surface area contributed by atoms with Crippen LogP contribution in [0.15, 0.2) is 89.1 Å². The molecule has 26 heavy (non-hydrogen) atoms. The number of amides is 1. The predicted octanol–water partition coefficient (Wildman–Crippen LogP) is 3.71. The number of thioether (sulfide) groups is 1. The number of phenolic OH excluding ortho intramolecular Hbond substituents is 1. The van der Waals surface area contributed by atoms with Crippen molar-refractivity contribution in [2.75, 3.05) is 5.75 Å². The Morgan fingerprint density at radius 3 is 2.46 bits per heavy atom. The van der Waals surface area contributed by atoms with Gasteiger partial charge in [0.05, 0.1) is 16.3 Å². The highest BCUT2D eigenvalue weighted by Gasteiger charge is 2.11. The van der Waals surface area contributed by atoms with Crippen LogP contribution in [0.4, 0.5) is 0 Å². The smallest absolute Gasteiger partial charge is 0.275 e. The number of nitrogens with zero attached hydrogens (tertiary/aromatic N) is 2. The first kappa shape index (κ1) is 17.7. The molecule has 0 fully saturated rings. The van der Waals surface area contributed by atoms with Gasteiger partial charge in [0, 0.05) is 11.9 Å². The number of phenols is 1. The first-order valence-electron chi connectivity index (χ1n) is 7.98. The minimum atomic E-state index is -0.459. The first-order chi connectivity index (χ1) is 12.7. The fraction of sp³-hybridized carbons (Fsp3) is 0.0500. The molecule has 2 aromatic carbocycles. The van der Waals surface area contributed by atoms with E-state index in [1.165, 1.54) is 17.8 Å². The topological polar surface area (TPSA) is 74.6 Å². The summed E-state index contributed by atoms with van der Waals surface area (Å²) in [6.45, 7) is 0. The molecule has 3 rings (SSSR count). The number of hydrogen-bond acceptors (Lipinski definition) is 5. The van der Waals surface area contributed by atoms with Gasteiger partial charge in [0.25, 0.3) is 5.91 Å². The Labute approximate surface area is 155 Å². The Morgan fingerprint density at radius 1 is 1.00 bits per heavy atom. The van der Waals surface area contributed by atoms with E-state index in [1.807, 2.05) is 48.5 Å². The summed E-state index contributed by atoms with van der Waals surface area (Å²) in [5.74, 6) is 0.00548. The van der Waals surface area contributed by atoms with Gasteiger partial charge in [0.15, 0.2) is 0 Å². The Bertz CT molecular complexity index is 899. The molecule has 0 unspecified atom stereocenters. The van der Waals surface area contributed by atoms with Crippen LogP contribution < -0.4 is 5.43 Å². The number of para-hydroxylation sites is 1. The second kappa shape index (κ2) is 8.82. The predicted molar refractivity (Wildman–Crippen MR) is 104 cm³/mol. The number of rotatable bonds is 6. The molecule has 6 heteroatoms. The molecular formula is C20H17N3O2S. The number of pyridine rings is 1. The lowest BCUT2D eigenvalue weighted by Crippen LogP contribution is -2.21. The van der Waals surface area contributed by atoms with Crippen molar-refractivity contribution in [3.63, 3.8) is 0 Å². The zero-order chi connectivity index (χ0) is 18.2. The molecule has 130 valence electrons. The van der Waals surface area contributed by atoms with Gasteiger partial charge in [-0.05, 0) is 29.8 Å². The zero-order valence-corrected chi connectivity index (χ0v) is 14.7. The molecule has 5 nitrogen and oxygen atoms in total. The molecule has 0 saturated carbocycles. The number of carbonyl (C=O) groups excluding carboxylic acids is 1. The molecule has 1 heterocycles. The third kappa shape index (κ3) is 4.70. The molecule has 0 saturated heterocycles. The number of benzene rings is 2. The van der Waals surface area contributed by atoms with Crippen LogP contribution in [-0.4, -0.2) is 27.5 Å². The number of nitrogens with one attached hydrogen (secondary N) is 1. The van der Waals surface area contributed by atoms with Crippen molar-refractivity contribution >= 4 is 23.4 Å². The van der Waals surface area contributed by atoms with E-state index < -0.39 is 5.91 Å². The van der Waals surface area contributed by atoms with E-state index in [0.717, 1.165) is 10.6 Å². The summed E-state index contributed by atoms with van der Waals surface area (Å²) < 4.78 is 0. The third-order valence-corrected chi connectivity index (χ3v) is 4.50. The van der Waals surface area contributed by atoms with E-state index >= 15 is 0 Å². The summed E-state index contributed by atoms with van der Waals surface area (Å²) in [7, 11) is 0. The van der Waals surface area contributed by atoms with Gasteiger partial charge >= 0.3 is 0 Å². The monoisotopic (exact) mass is 363 g/mol. The van der Waals surface area contributed by atoms with Gasteiger partial charge in [-0.25, -0.2) is 10.4 Å². The van der Waals surface area contributed by atoms with E-state index in [-0.39, 0.29) is 11.3 Å². The number of carbonyl (C=O) groups is 1. The lowest BCUT2D eigenvalue weighted by molar-refractivity contribution is 0.0952. The average molecular weight is 363 g/mol. The van der Waals surface area contributed by atoms with Gasteiger partial charge in [0.2, 0.25) is 0 Å². The van der Waals surface area contributed by atoms with Crippen LogP contribution in [0, 0.1) is 0 Å². The molecule has 0 aliphatic rings. The Hall–Kier alpha value is -3.12. The molecule has 0 aliphatic heterocycles. The molecular weight excluding hydrogens is 346 g/mol. The Kier molecular flexibility index (Phi) is 6.01. The van der Waals surface area contributed by atoms with Gasteiger partial charge < -0.3 is 5.11 Å². The van der Waals surface area contributed by atoms with Crippen LogP contribution in [0.3, 0.4) is 0 Å². The fourth-order valence-electron chi connectivity index (χ4n) is 2.23. The molecule has 1 aromatic heterocycles. The zero-order valence-electron chi connectivity index (χ0n) is 13.9. The summed E-state index contributed by atoms with van der Waals surface area (Å²) in [4.78, 5) is 16.6. The highest BCUT2D eigenvalue weighted by atomic mass is 32.2. The van der Waals surface area contributed by atoms with Crippen molar-refractivity contribution in [1.29, 1.82) is 0 Å². The molecule has 2 N–H and O–H groups in total. The van der Waals surface area contributed by atoms with Crippen LogP contribution in [0.2, 0.25) is 0 Å². The Morgan fingerprint density at radius 2 is 1.73 bits per heavy atom. The molecule has 0 bridgehead atoms. The highest BCUT2D eigenvalue weighted by molar-refractivity contribution is 7.99. The van der Waals surface area contributed by atoms with E-state index in [0.29, 0.717) is 11.5 Å². The van der Waals surface area contributed by atoms with Crippen LogP contribution in [0.1, 0.15) is 15.9 Å². The van der Waals surface area contributed by atoms with E-state index in [1.54, 1.807) is 24.4 Å². The maximum atomic E-state index is 12.3. The maximum absolute atomic E-state index is 12.3. The van der Waals surface area contributed by atoms with Gasteiger partial charge in [-0.15, -0.1) is 0 Å². The second-order valence-electron chi connectivity index (χ2n) is 5.34. The second-order valence-corrected chi connectivity index (χ2v) is 6.33. The molecule has 0 atom stereocenters. The van der Waals surface area contributed by atoms with E-state index in [4.69, 9.17) is 0 Å². The third-order valence-electron chi connectivity index (χ3n) is 3.54. The summed E-state index contributed by atoms with van der Waals surface area (Å²) in [6, 6.07) is 21.7. The minimum absolute atomic E-state index is 0.0793. The molecule has 3 aromatic rings. The molecule has 0 aliphatic carbocycles. The normalized spacial score (nSPS) is 11.2. The number of aromatic nitrogens is 1. The lowest BCUT2D eigenvalue weighted by Gasteiger charge is -2.08. The summed E-state index contributed by atoms with van der Waals surface area (Å²) in [5.41, 5.74) is 4.34. The van der Waals surface area contributed by atoms with Crippen molar-refractivity contribution in [2.24, 2.45) is 5.10 Å². The van der Waals surface area contributed by atoms with Gasteiger partial charge in [-0.1, -0.05) is 60.3 Å². The van der Waals surface area contributed by atoms with E-state index in [9.17, 15) is 9.90 Å². The minimum Gasteiger partial charge on any atom is -0.507 e. The van der Waals surface area contributed by atoms with Crippen LogP contribution in [0.25, 0.3) is 0 Å². The SMILES string of the molecule is O=C(N/N=C(\CSc1ccccn1)c1ccccc1)c1ccccc1O. The number of hydrogen-bond donors (Lipinski definition) is 2. The Balaban J connectivity index is 1.77. The van der Waals surface area contributed by atoms with Gasteiger partial charge in [0.1, 0.15) is 5.75 Å². The number of hydrazone groups is 1. The standard InChI is InChI=1S/C20H17N3O2S/c24-18-11-5-4-10-16(18)20(25)23-22-17(15-8-2-1-3-9-15)14-26-19-12-6-7-13-21-19/h1-13,24H,14H2,(H,23,25)/b22-17+. The summed E-state index contributed by atoms with van der Waals surface area (Å²) in [5, 5.41) is 15.0. The highest BCUT2D eigenvalue weighted by Crippen LogP contribution is 2.17. The average Bonchev–Trinajstić information content (AvgIpc) is 2.69. The molecule has 1 amide bonds. The van der Waals surface area contributed by atoms with Crippen LogP contribution in [-0.2, 0) is 0 Å². The van der Waals surface area contributed by atoms with Gasteiger partial charge in [-0.3, -0.25) is 4.79 Å². The molecule has 0 radical (unpaired) electrons. The van der Waals surface area contributed by atoms with Crippen molar-refractivity contribution in [3.8, 4) is 5.75 Å². The lowest BCUT2D eigenvalue weighted by atomic mass is 10.1. The van der Waals surface area contributed by atoms with Crippen molar-refractivity contribution < 1.29 is 9.90 Å². The van der Waals surface area contributed by atoms with Crippen LogP contribution >= 0.6 is 11.8 Å². The van der Waals surface area contributed by atoms with Gasteiger partial charge in [-0.2, -0.15) is 5.10 Å². The maximum Gasteiger partial charge on any atom is 0.275 e. The van der Waals surface area contributed by atoms with Crippen molar-refractivity contribution in [1.82, 2.24) is 10.4 Å². The molecule has 0 spiro atoms.